The quantitative estimate of drug-likeness (QED) is 0.118. The van der Waals surface area contributed by atoms with Crippen LogP contribution in [0.5, 0.6) is 0 Å². The summed E-state index contributed by atoms with van der Waals surface area (Å²) in [6.45, 7) is 0. The average Bonchev–Trinajstić information content (AvgIpc) is 3.49. The van der Waals surface area contributed by atoms with Crippen LogP contribution in [0.1, 0.15) is 0 Å². The van der Waals surface area contributed by atoms with Crippen LogP contribution in [0.4, 0.5) is 17.1 Å². The molecule has 0 fully saturated rings. The summed E-state index contributed by atoms with van der Waals surface area (Å²) in [6, 6.07) is 112. The Morgan fingerprint density at radius 3 is 0.562 bits per heavy atom. The van der Waals surface area contributed by atoms with Gasteiger partial charge < -0.3 is 4.90 Å². The molecule has 0 aromatic heterocycles. The molecule has 1 heteroatoms. The fourth-order valence-corrected chi connectivity index (χ4v) is 10.2. The molecule has 1 nitrogen and oxygen atoms in total. The first-order chi connectivity index (χ1) is 36.2. The van der Waals surface area contributed by atoms with Gasteiger partial charge in [0.05, 0.1) is 0 Å². The van der Waals surface area contributed by atoms with Gasteiger partial charge in [0.25, 0.3) is 0 Å². The minimum absolute atomic E-state index is 1.07. The first-order valence-corrected chi connectivity index (χ1v) is 25.1. The van der Waals surface area contributed by atoms with Crippen molar-refractivity contribution in [3.8, 4) is 100 Å². The predicted molar refractivity (Wildman–Crippen MR) is 310 cm³/mol. The van der Waals surface area contributed by atoms with Gasteiger partial charge in [-0.1, -0.05) is 255 Å². The molecule has 0 radical (unpaired) electrons. The van der Waals surface area contributed by atoms with Crippen molar-refractivity contribution in [1.29, 1.82) is 0 Å². The second-order valence-corrected chi connectivity index (χ2v) is 18.5. The van der Waals surface area contributed by atoms with E-state index >= 15 is 0 Å². The summed E-state index contributed by atoms with van der Waals surface area (Å²) in [5, 5.41) is 0. The maximum absolute atomic E-state index is 2.38. The molecule has 0 N–H and O–H groups in total. The predicted octanol–water partition coefficient (Wildman–Crippen LogP) is 20.2. The summed E-state index contributed by atoms with van der Waals surface area (Å²) in [7, 11) is 0. The Labute approximate surface area is 429 Å². The Hall–Kier alpha value is -9.56. The highest BCUT2D eigenvalue weighted by atomic mass is 15.1. The normalized spacial score (nSPS) is 11.0. The molecule has 0 heterocycles. The Morgan fingerprint density at radius 1 is 0.137 bits per heavy atom. The molecule has 73 heavy (non-hydrogen) atoms. The van der Waals surface area contributed by atoms with Crippen LogP contribution in [0.2, 0.25) is 0 Å². The zero-order valence-corrected chi connectivity index (χ0v) is 40.4. The van der Waals surface area contributed by atoms with Crippen molar-refractivity contribution in [3.05, 3.63) is 309 Å². The van der Waals surface area contributed by atoms with Crippen molar-refractivity contribution in [2.75, 3.05) is 4.90 Å². The van der Waals surface area contributed by atoms with Crippen LogP contribution in [-0.2, 0) is 0 Å². The molecular formula is C72H51N. The molecule has 12 aromatic rings. The largest absolute Gasteiger partial charge is 0.311 e. The van der Waals surface area contributed by atoms with Gasteiger partial charge in [-0.3, -0.25) is 0 Å². The average molecular weight is 930 g/mol. The highest BCUT2D eigenvalue weighted by molar-refractivity contribution is 5.92. The minimum Gasteiger partial charge on any atom is -0.311 e. The monoisotopic (exact) mass is 929 g/mol. The van der Waals surface area contributed by atoms with Gasteiger partial charge in [-0.15, -0.1) is 0 Å². The van der Waals surface area contributed by atoms with Crippen molar-refractivity contribution < 1.29 is 0 Å². The molecule has 0 aliphatic heterocycles. The summed E-state index contributed by atoms with van der Waals surface area (Å²) < 4.78 is 0. The van der Waals surface area contributed by atoms with Gasteiger partial charge in [-0.2, -0.15) is 0 Å². The van der Waals surface area contributed by atoms with E-state index in [4.69, 9.17) is 0 Å². The molecule has 0 saturated carbocycles. The van der Waals surface area contributed by atoms with Crippen molar-refractivity contribution in [2.45, 2.75) is 0 Å². The SMILES string of the molecule is c1ccc(-c2ccc(-c3ccccc3)c(-c3ccc(N(c4ccc(-c5cc(-c6ccccc6)ccc5-c5ccccc5)cc4)c4ccc(-c5cc(-c6ccccc6)ccc5-c5ccccc5)cc4)cc3)c2)cc1. The molecule has 0 unspecified atom stereocenters. The Kier molecular flexibility index (Phi) is 12.5. The van der Waals surface area contributed by atoms with Gasteiger partial charge in [-0.25, -0.2) is 0 Å². The molecule has 0 saturated heterocycles. The molecule has 0 atom stereocenters. The van der Waals surface area contributed by atoms with Crippen molar-refractivity contribution in [2.24, 2.45) is 0 Å². The van der Waals surface area contributed by atoms with E-state index in [1.54, 1.807) is 0 Å². The molecular weight excluding hydrogens is 879 g/mol. The van der Waals surface area contributed by atoms with Crippen LogP contribution in [0, 0.1) is 0 Å². The van der Waals surface area contributed by atoms with Gasteiger partial charge >= 0.3 is 0 Å². The van der Waals surface area contributed by atoms with Crippen LogP contribution < -0.4 is 4.90 Å². The zero-order valence-electron chi connectivity index (χ0n) is 40.4. The summed E-state index contributed by atoms with van der Waals surface area (Å²) >= 11 is 0. The van der Waals surface area contributed by atoms with Gasteiger partial charge in [0.15, 0.2) is 0 Å². The van der Waals surface area contributed by atoms with E-state index in [0.29, 0.717) is 0 Å². The number of hydrogen-bond donors (Lipinski definition) is 0. The van der Waals surface area contributed by atoms with Crippen LogP contribution >= 0.6 is 0 Å². The third-order valence-corrected chi connectivity index (χ3v) is 13.9. The Morgan fingerprint density at radius 2 is 0.329 bits per heavy atom. The Bertz CT molecular complexity index is 3360. The molecule has 0 amide bonds. The van der Waals surface area contributed by atoms with Gasteiger partial charge in [0, 0.05) is 17.1 Å². The number of rotatable bonds is 12. The number of benzene rings is 12. The molecule has 0 bridgehead atoms. The van der Waals surface area contributed by atoms with E-state index in [-0.39, 0.29) is 0 Å². The summed E-state index contributed by atoms with van der Waals surface area (Å²) in [6.07, 6.45) is 0. The van der Waals surface area contributed by atoms with Crippen LogP contribution in [-0.4, -0.2) is 0 Å². The number of nitrogens with zero attached hydrogens (tertiary/aromatic N) is 1. The first-order valence-electron chi connectivity index (χ1n) is 25.1. The lowest BCUT2D eigenvalue weighted by atomic mass is 9.90. The second kappa shape index (κ2) is 20.4. The van der Waals surface area contributed by atoms with E-state index in [1.807, 2.05) is 0 Å². The summed E-state index contributed by atoms with van der Waals surface area (Å²) in [5.74, 6) is 0. The van der Waals surface area contributed by atoms with Crippen LogP contribution in [0.25, 0.3) is 100 Å². The maximum Gasteiger partial charge on any atom is 0.0462 e. The van der Waals surface area contributed by atoms with E-state index < -0.39 is 0 Å². The van der Waals surface area contributed by atoms with Gasteiger partial charge in [0.2, 0.25) is 0 Å². The van der Waals surface area contributed by atoms with Gasteiger partial charge in [0.1, 0.15) is 0 Å². The maximum atomic E-state index is 2.38. The van der Waals surface area contributed by atoms with Crippen LogP contribution in [0.15, 0.2) is 309 Å². The van der Waals surface area contributed by atoms with E-state index in [9.17, 15) is 0 Å². The standard InChI is InChI=1S/C72H51N/c1-7-19-52(20-8-1)61-37-46-67(55-25-13-4-14-26-55)70(49-61)58-31-40-64(41-32-58)73(65-42-33-59(34-43-65)71-50-62(53-21-9-2-10-22-53)38-47-68(71)56-27-15-5-16-28-56)66-44-35-60(36-45-66)72-51-63(54-23-11-3-12-24-54)39-48-69(72)57-29-17-6-18-30-57/h1-51H. The highest BCUT2D eigenvalue weighted by Gasteiger charge is 2.18. The number of anilines is 3. The minimum atomic E-state index is 1.07. The zero-order chi connectivity index (χ0) is 48.8. The summed E-state index contributed by atoms with van der Waals surface area (Å²) in [4.78, 5) is 2.38. The lowest BCUT2D eigenvalue weighted by Gasteiger charge is -2.26. The smallest absolute Gasteiger partial charge is 0.0462 e. The molecule has 0 aliphatic rings. The molecule has 12 aromatic carbocycles. The molecule has 12 rings (SSSR count). The first kappa shape index (κ1) is 44.6. The highest BCUT2D eigenvalue weighted by Crippen LogP contribution is 2.43. The Balaban J connectivity index is 0.975. The van der Waals surface area contributed by atoms with E-state index in [2.05, 4.69) is 314 Å². The number of hydrogen-bond acceptors (Lipinski definition) is 1. The topological polar surface area (TPSA) is 3.24 Å². The lowest BCUT2D eigenvalue weighted by Crippen LogP contribution is -2.10. The van der Waals surface area contributed by atoms with E-state index in [0.717, 1.165) is 33.8 Å². The lowest BCUT2D eigenvalue weighted by molar-refractivity contribution is 1.28. The van der Waals surface area contributed by atoms with Crippen LogP contribution in [0.3, 0.4) is 0 Å². The third kappa shape index (κ3) is 9.44. The second-order valence-electron chi connectivity index (χ2n) is 18.5. The van der Waals surface area contributed by atoms with E-state index in [1.165, 1.54) is 83.5 Å². The fourth-order valence-electron chi connectivity index (χ4n) is 10.2. The molecule has 0 spiro atoms. The fraction of sp³-hybridized carbons (Fsp3) is 0. The third-order valence-electron chi connectivity index (χ3n) is 13.9. The van der Waals surface area contributed by atoms with Crippen molar-refractivity contribution >= 4 is 17.1 Å². The van der Waals surface area contributed by atoms with Crippen molar-refractivity contribution in [1.82, 2.24) is 0 Å². The summed E-state index contributed by atoms with van der Waals surface area (Å²) in [5.41, 5.74) is 24.6. The molecule has 344 valence electrons. The van der Waals surface area contributed by atoms with Gasteiger partial charge in [-0.05, 0) is 155 Å². The molecule has 0 aliphatic carbocycles. The van der Waals surface area contributed by atoms with Crippen molar-refractivity contribution in [3.63, 3.8) is 0 Å².